The molecule has 3 aliphatic carbocycles. The van der Waals surface area contributed by atoms with Crippen molar-refractivity contribution in [2.75, 3.05) is 0 Å². The smallest absolute Gasteiger partial charge is 0.348 e. The molecule has 1 aromatic heterocycles. The first-order valence-corrected chi connectivity index (χ1v) is 21.9. The van der Waals surface area contributed by atoms with Crippen LogP contribution in [-0.4, -0.2) is 59.9 Å². The van der Waals surface area contributed by atoms with Crippen LogP contribution in [0.25, 0.3) is 0 Å². The number of carbonyl (C=O) groups excluding carboxylic acids is 6. The van der Waals surface area contributed by atoms with E-state index in [1.165, 1.54) is 41.1 Å². The molecule has 3 heterocycles. The van der Waals surface area contributed by atoms with Crippen molar-refractivity contribution in [2.24, 2.45) is 16.7 Å². The van der Waals surface area contributed by atoms with Crippen LogP contribution in [-0.2, 0) is 42.9 Å². The lowest BCUT2D eigenvalue weighted by Crippen LogP contribution is -2.44. The van der Waals surface area contributed by atoms with Gasteiger partial charge in [-0.2, -0.15) is 0 Å². The van der Waals surface area contributed by atoms with Crippen molar-refractivity contribution in [1.82, 2.24) is 0 Å². The Kier molecular flexibility index (Phi) is 15.8. The third-order valence-corrected chi connectivity index (χ3v) is 12.7. The van der Waals surface area contributed by atoms with Crippen LogP contribution in [0.5, 0.6) is 0 Å². The summed E-state index contributed by atoms with van der Waals surface area (Å²) in [5, 5.41) is 1.81. The molecule has 2 spiro atoms. The van der Waals surface area contributed by atoms with Gasteiger partial charge in [-0.25, -0.2) is 4.79 Å². The van der Waals surface area contributed by atoms with Gasteiger partial charge in [0, 0.05) is 12.8 Å². The highest BCUT2D eigenvalue weighted by atomic mass is 32.1. The number of thiophene rings is 1. The average molecular weight is 829 g/mol. The fourth-order valence-corrected chi connectivity index (χ4v) is 9.11. The highest BCUT2D eigenvalue weighted by Gasteiger charge is 2.56. The summed E-state index contributed by atoms with van der Waals surface area (Å²) < 4.78 is 22.5. The van der Waals surface area contributed by atoms with Crippen molar-refractivity contribution in [3.05, 3.63) is 93.3 Å². The number of hydrogen-bond donors (Lipinski definition) is 0. The van der Waals surface area contributed by atoms with Crippen LogP contribution in [0.4, 0.5) is 0 Å². The first-order valence-electron chi connectivity index (χ1n) is 21.0. The van der Waals surface area contributed by atoms with E-state index in [1.807, 2.05) is 26.0 Å². The molecule has 0 amide bonds. The van der Waals surface area contributed by atoms with Gasteiger partial charge >= 0.3 is 23.9 Å². The van der Waals surface area contributed by atoms with Crippen LogP contribution in [0.3, 0.4) is 0 Å². The van der Waals surface area contributed by atoms with E-state index < -0.39 is 47.2 Å². The van der Waals surface area contributed by atoms with E-state index in [-0.39, 0.29) is 48.7 Å². The zero-order valence-electron chi connectivity index (χ0n) is 35.4. The van der Waals surface area contributed by atoms with Gasteiger partial charge in [-0.1, -0.05) is 59.8 Å². The zero-order valence-corrected chi connectivity index (χ0v) is 36.2. The Morgan fingerprint density at radius 1 is 0.729 bits per heavy atom. The summed E-state index contributed by atoms with van der Waals surface area (Å²) in [4.78, 5) is 75.4. The van der Waals surface area contributed by atoms with Gasteiger partial charge < -0.3 is 18.9 Å². The molecule has 1 aromatic rings. The molecule has 11 heteroatoms. The molecule has 0 bridgehead atoms. The third-order valence-electron chi connectivity index (χ3n) is 11.8. The van der Waals surface area contributed by atoms with E-state index in [0.29, 0.717) is 11.3 Å². The van der Waals surface area contributed by atoms with Crippen molar-refractivity contribution in [1.29, 1.82) is 0 Å². The summed E-state index contributed by atoms with van der Waals surface area (Å²) >= 11 is 1.30. The lowest BCUT2D eigenvalue weighted by molar-refractivity contribution is -0.156. The molecule has 2 aliphatic heterocycles. The first kappa shape index (κ1) is 45.4. The summed E-state index contributed by atoms with van der Waals surface area (Å²) in [6.07, 6.45) is 21.1. The topological polar surface area (TPSA) is 139 Å². The van der Waals surface area contributed by atoms with E-state index in [9.17, 15) is 28.8 Å². The number of ketones is 2. The third kappa shape index (κ3) is 12.0. The Morgan fingerprint density at radius 3 is 1.68 bits per heavy atom. The van der Waals surface area contributed by atoms with Crippen LogP contribution in [0.1, 0.15) is 135 Å². The van der Waals surface area contributed by atoms with Crippen molar-refractivity contribution < 1.29 is 47.7 Å². The standard InChI is InChI=1S/C25H34O5.C23H26O5S/c1-17(2)8-7-9-18(3)14-22-25(16-23(27)30-22)15-20(12-13-21(25)26)29-24(28)19-10-5-4-6-11-19;1-15(2)6-4-7-16(3)12-20-23(14-21(25)28-20)13-17(9-10-19(23)24)27-22(26)18-8-5-11-29-18/h8,12-14,19-20,22H,4-7,9-11,15-16H2,1-3H3;5-6,8-12,17,20H,4,7,13-14H2,1-3H3/b18-14+;16-12+/t20-,22-,25?;17-,20-,23?/m11/s1. The molecule has 6 rings (SSSR count). The van der Waals surface area contributed by atoms with Gasteiger partial charge in [-0.15, -0.1) is 11.3 Å². The summed E-state index contributed by atoms with van der Waals surface area (Å²) in [7, 11) is 0. The first-order chi connectivity index (χ1) is 28.1. The molecule has 5 aliphatic rings. The average Bonchev–Trinajstić information content (AvgIpc) is 3.90. The monoisotopic (exact) mass is 828 g/mol. The molecular formula is C48H60O10S. The van der Waals surface area contributed by atoms with Crippen molar-refractivity contribution in [3.8, 4) is 0 Å². The number of allylic oxidation sites excluding steroid dienone is 8. The minimum atomic E-state index is -1.01. The van der Waals surface area contributed by atoms with E-state index in [4.69, 9.17) is 18.9 Å². The van der Waals surface area contributed by atoms with Crippen LogP contribution in [0.2, 0.25) is 0 Å². The Morgan fingerprint density at radius 2 is 1.22 bits per heavy atom. The fraction of sp³-hybridized carbons (Fsp3) is 0.542. The highest BCUT2D eigenvalue weighted by molar-refractivity contribution is 7.11. The van der Waals surface area contributed by atoms with Crippen LogP contribution in [0.15, 0.2) is 88.4 Å². The van der Waals surface area contributed by atoms with Gasteiger partial charge in [0.2, 0.25) is 0 Å². The molecule has 318 valence electrons. The predicted molar refractivity (Wildman–Crippen MR) is 226 cm³/mol. The molecule has 3 fully saturated rings. The van der Waals surface area contributed by atoms with E-state index in [2.05, 4.69) is 39.8 Å². The zero-order chi connectivity index (χ0) is 42.7. The van der Waals surface area contributed by atoms with Gasteiger partial charge in [0.25, 0.3) is 0 Å². The second-order valence-corrected chi connectivity index (χ2v) is 18.2. The molecule has 2 unspecified atom stereocenters. The number of esters is 4. The lowest BCUT2D eigenvalue weighted by atomic mass is 9.69. The molecule has 1 saturated carbocycles. The van der Waals surface area contributed by atoms with Crippen LogP contribution >= 0.6 is 11.3 Å². The number of carbonyl (C=O) groups is 6. The van der Waals surface area contributed by atoms with E-state index in [1.54, 1.807) is 29.7 Å². The minimum absolute atomic E-state index is 0.00560. The normalized spacial score (nSPS) is 28.2. The molecule has 59 heavy (non-hydrogen) atoms. The second kappa shape index (κ2) is 20.6. The highest BCUT2D eigenvalue weighted by Crippen LogP contribution is 2.47. The van der Waals surface area contributed by atoms with Crippen molar-refractivity contribution in [3.63, 3.8) is 0 Å². The fourth-order valence-electron chi connectivity index (χ4n) is 8.50. The van der Waals surface area contributed by atoms with Gasteiger partial charge in [0.1, 0.15) is 29.3 Å². The Hall–Kier alpha value is -4.64. The van der Waals surface area contributed by atoms with Gasteiger partial charge in [-0.05, 0) is 128 Å². The maximum Gasteiger partial charge on any atom is 0.348 e. The van der Waals surface area contributed by atoms with Gasteiger partial charge in [0.05, 0.1) is 29.6 Å². The summed E-state index contributed by atoms with van der Waals surface area (Å²) in [6, 6.07) is 3.48. The molecule has 0 N–H and O–H groups in total. The lowest BCUT2D eigenvalue weighted by Gasteiger charge is -2.35. The number of hydrogen-bond acceptors (Lipinski definition) is 11. The summed E-state index contributed by atoms with van der Waals surface area (Å²) in [5.41, 5.74) is 2.69. The number of cyclic esters (lactones) is 2. The van der Waals surface area contributed by atoms with Crippen molar-refractivity contribution >= 4 is 46.8 Å². The van der Waals surface area contributed by atoms with Gasteiger partial charge in [0.15, 0.2) is 11.6 Å². The Labute approximate surface area is 352 Å². The van der Waals surface area contributed by atoms with Crippen LogP contribution < -0.4 is 0 Å². The van der Waals surface area contributed by atoms with Crippen LogP contribution in [0, 0.1) is 16.7 Å². The second-order valence-electron chi connectivity index (χ2n) is 17.2. The molecule has 10 nitrogen and oxygen atoms in total. The van der Waals surface area contributed by atoms with Crippen molar-refractivity contribution in [2.45, 2.75) is 149 Å². The summed E-state index contributed by atoms with van der Waals surface area (Å²) in [5.74, 6) is -1.67. The SMILES string of the molecule is CC(C)=CCC/C(C)=C/[C@H]1OC(=O)CC12C[C@H](OC(=O)C1CCCCC1)C=CC2=O.CC(C)=CCC/C(C)=C/[C@H]1OC(=O)CC12C[C@H](OC(=O)c1cccs1)C=CC2=O. The minimum Gasteiger partial charge on any atom is -0.458 e. The van der Waals surface area contributed by atoms with Gasteiger partial charge in [-0.3, -0.25) is 24.0 Å². The molecule has 6 atom stereocenters. The molecule has 0 radical (unpaired) electrons. The maximum absolute atomic E-state index is 12.9. The quantitative estimate of drug-likeness (QED) is 0.114. The molecule has 0 aromatic carbocycles. The number of rotatable bonds is 12. The Bertz CT molecular complexity index is 1910. The molecule has 2 saturated heterocycles. The summed E-state index contributed by atoms with van der Waals surface area (Å²) in [6.45, 7) is 12.2. The molecular weight excluding hydrogens is 769 g/mol. The number of ether oxygens (including phenoxy) is 4. The predicted octanol–water partition coefficient (Wildman–Crippen LogP) is 9.80. The van der Waals surface area contributed by atoms with E-state index in [0.717, 1.165) is 62.5 Å². The largest absolute Gasteiger partial charge is 0.458 e. The van der Waals surface area contributed by atoms with E-state index >= 15 is 0 Å². The Balaban J connectivity index is 0.000000224. The maximum atomic E-state index is 12.9.